The number of nitrogens with two attached hydrogens (primary N) is 1. The summed E-state index contributed by atoms with van der Waals surface area (Å²) in [7, 11) is 1.45. The molecule has 150 valence electrons. The van der Waals surface area contributed by atoms with Crippen molar-refractivity contribution >= 4 is 27.6 Å². The van der Waals surface area contributed by atoms with Crippen molar-refractivity contribution in [2.45, 2.75) is 31.3 Å². The maximum atomic E-state index is 15.2. The van der Waals surface area contributed by atoms with Crippen molar-refractivity contribution in [3.8, 4) is 17.6 Å². The molecule has 5 rings (SSSR count). The summed E-state index contributed by atoms with van der Waals surface area (Å²) in [5.41, 5.74) is 6.50. The third kappa shape index (κ3) is 2.42. The van der Waals surface area contributed by atoms with E-state index < -0.39 is 17.0 Å². The Bertz CT molecular complexity index is 1270. The van der Waals surface area contributed by atoms with E-state index in [-0.39, 0.29) is 40.0 Å². The third-order valence-electron chi connectivity index (χ3n) is 5.86. The number of anilines is 1. The molecule has 2 aromatic heterocycles. The van der Waals surface area contributed by atoms with Gasteiger partial charge in [-0.2, -0.15) is 5.26 Å². The molecule has 0 amide bonds. The van der Waals surface area contributed by atoms with E-state index in [1.165, 1.54) is 13.2 Å². The molecule has 0 radical (unpaired) electrons. The molecule has 29 heavy (non-hydrogen) atoms. The van der Waals surface area contributed by atoms with Crippen LogP contribution in [-0.2, 0) is 0 Å². The highest BCUT2D eigenvalue weighted by Gasteiger charge is 2.34. The average Bonchev–Trinajstić information content (AvgIpc) is 3.36. The zero-order chi connectivity index (χ0) is 20.4. The van der Waals surface area contributed by atoms with Crippen molar-refractivity contribution in [1.29, 1.82) is 5.26 Å². The largest absolute Gasteiger partial charge is 0.504 e. The maximum absolute atomic E-state index is 15.2. The molecular formula is C20H20FN5O3. The van der Waals surface area contributed by atoms with Crippen LogP contribution in [0, 0.1) is 17.1 Å². The number of aromatic amines is 1. The summed E-state index contributed by atoms with van der Waals surface area (Å²) in [6, 6.07) is 3.09. The monoisotopic (exact) mass is 397 g/mol. The van der Waals surface area contributed by atoms with Crippen molar-refractivity contribution in [3.05, 3.63) is 27.8 Å². The van der Waals surface area contributed by atoms with Gasteiger partial charge >= 0.3 is 0 Å². The number of aromatic hydroxyl groups is 1. The lowest BCUT2D eigenvalue weighted by atomic mass is 10.1. The van der Waals surface area contributed by atoms with Gasteiger partial charge in [-0.1, -0.05) is 0 Å². The lowest BCUT2D eigenvalue weighted by Crippen LogP contribution is -2.27. The van der Waals surface area contributed by atoms with Crippen molar-refractivity contribution in [2.24, 2.45) is 5.73 Å². The lowest BCUT2D eigenvalue weighted by Gasteiger charge is -2.24. The number of nitriles is 1. The molecule has 0 bridgehead atoms. The first-order valence-corrected chi connectivity index (χ1v) is 9.56. The Hall–Kier alpha value is -3.25. The molecular weight excluding hydrogens is 377 g/mol. The van der Waals surface area contributed by atoms with Gasteiger partial charge in [-0.3, -0.25) is 4.79 Å². The van der Waals surface area contributed by atoms with Crippen LogP contribution in [0.5, 0.6) is 11.5 Å². The van der Waals surface area contributed by atoms with Gasteiger partial charge in [0, 0.05) is 25.2 Å². The molecule has 4 N–H and O–H groups in total. The van der Waals surface area contributed by atoms with Gasteiger partial charge in [-0.05, 0) is 25.3 Å². The number of rotatable bonds is 3. The summed E-state index contributed by atoms with van der Waals surface area (Å²) < 4.78 is 22.7. The van der Waals surface area contributed by atoms with Crippen LogP contribution in [0.2, 0.25) is 0 Å². The number of fused-ring (bicyclic) bond motifs is 2. The van der Waals surface area contributed by atoms with Crippen LogP contribution in [0.15, 0.2) is 10.9 Å². The third-order valence-corrected chi connectivity index (χ3v) is 5.86. The molecule has 1 aliphatic carbocycles. The molecule has 3 aromatic rings. The second-order valence-electron chi connectivity index (χ2n) is 7.75. The van der Waals surface area contributed by atoms with Crippen molar-refractivity contribution in [3.63, 3.8) is 0 Å². The Morgan fingerprint density at radius 1 is 1.41 bits per heavy atom. The van der Waals surface area contributed by atoms with E-state index in [4.69, 9.17) is 10.5 Å². The molecule has 1 saturated heterocycles. The number of halogens is 1. The molecule has 1 saturated carbocycles. The fraction of sp³-hybridized carbons (Fsp3) is 0.400. The Morgan fingerprint density at radius 3 is 2.76 bits per heavy atom. The van der Waals surface area contributed by atoms with Crippen LogP contribution < -0.4 is 20.8 Å². The fourth-order valence-corrected chi connectivity index (χ4v) is 4.40. The number of nitrogens with one attached hydrogen (secondary N) is 1. The highest BCUT2D eigenvalue weighted by molar-refractivity contribution is 6.01. The number of methoxy groups -OCH3 is 1. The van der Waals surface area contributed by atoms with E-state index in [0.29, 0.717) is 24.3 Å². The van der Waals surface area contributed by atoms with Crippen molar-refractivity contribution in [1.82, 2.24) is 9.55 Å². The van der Waals surface area contributed by atoms with Gasteiger partial charge in [-0.25, -0.2) is 4.39 Å². The first kappa shape index (κ1) is 17.8. The highest BCUT2D eigenvalue weighted by Crippen LogP contribution is 2.46. The van der Waals surface area contributed by atoms with Gasteiger partial charge in [0.25, 0.3) is 0 Å². The first-order valence-electron chi connectivity index (χ1n) is 9.56. The average molecular weight is 397 g/mol. The Morgan fingerprint density at radius 2 is 2.17 bits per heavy atom. The maximum Gasteiger partial charge on any atom is 0.202 e. The zero-order valence-electron chi connectivity index (χ0n) is 15.8. The smallest absolute Gasteiger partial charge is 0.202 e. The van der Waals surface area contributed by atoms with E-state index in [0.717, 1.165) is 19.3 Å². The molecule has 1 atom stereocenters. The van der Waals surface area contributed by atoms with Crippen LogP contribution >= 0.6 is 0 Å². The van der Waals surface area contributed by atoms with Gasteiger partial charge in [0.15, 0.2) is 23.0 Å². The molecule has 3 heterocycles. The van der Waals surface area contributed by atoms with Gasteiger partial charge in [0.2, 0.25) is 5.43 Å². The van der Waals surface area contributed by atoms with Crippen LogP contribution in [-0.4, -0.2) is 40.9 Å². The molecule has 2 aliphatic rings. The topological polar surface area (TPSA) is 120 Å². The number of benzene rings is 1. The van der Waals surface area contributed by atoms with Crippen molar-refractivity contribution < 1.29 is 14.2 Å². The van der Waals surface area contributed by atoms with Gasteiger partial charge in [-0.15, -0.1) is 0 Å². The molecule has 0 unspecified atom stereocenters. The van der Waals surface area contributed by atoms with E-state index in [2.05, 4.69) is 4.98 Å². The summed E-state index contributed by atoms with van der Waals surface area (Å²) in [4.78, 5) is 17.9. The number of hydrogen-bond donors (Lipinski definition) is 3. The van der Waals surface area contributed by atoms with E-state index in [9.17, 15) is 15.2 Å². The summed E-state index contributed by atoms with van der Waals surface area (Å²) in [5.74, 6) is -0.705. The highest BCUT2D eigenvalue weighted by atomic mass is 19.1. The standard InChI is InChI=1S/C20H20FN5O3/c1-29-19-15-11(6-12(21)16(19)25-5-4-9(23)8-25)17(27)14-18(28)13(7-22)24-20(14)26(15)10-2-3-10/h6,9-10,24,28H,2-5,8,23H2,1H3/t9-/m0/s1. The predicted octanol–water partition coefficient (Wildman–Crippen LogP) is 2.08. The molecule has 9 heteroatoms. The Kier molecular flexibility index (Phi) is 3.76. The summed E-state index contributed by atoms with van der Waals surface area (Å²) in [5, 5.41) is 19.8. The second kappa shape index (κ2) is 6.12. The van der Waals surface area contributed by atoms with E-state index in [1.807, 2.05) is 15.5 Å². The minimum atomic E-state index is -0.572. The number of pyridine rings is 1. The van der Waals surface area contributed by atoms with E-state index in [1.54, 1.807) is 0 Å². The first-order chi connectivity index (χ1) is 14.0. The normalized spacial score (nSPS) is 19.2. The van der Waals surface area contributed by atoms with Crippen LogP contribution in [0.4, 0.5) is 10.1 Å². The lowest BCUT2D eigenvalue weighted by molar-refractivity contribution is 0.414. The molecule has 1 aliphatic heterocycles. The molecule has 1 aromatic carbocycles. The number of nitrogens with zero attached hydrogens (tertiary/aromatic N) is 3. The predicted molar refractivity (Wildman–Crippen MR) is 106 cm³/mol. The molecule has 8 nitrogen and oxygen atoms in total. The minimum absolute atomic E-state index is 0.00153. The number of ether oxygens (including phenoxy) is 1. The van der Waals surface area contributed by atoms with Gasteiger partial charge in [0.1, 0.15) is 22.8 Å². The zero-order valence-corrected chi connectivity index (χ0v) is 15.8. The van der Waals surface area contributed by atoms with Crippen molar-refractivity contribution in [2.75, 3.05) is 25.1 Å². The van der Waals surface area contributed by atoms with Gasteiger partial charge < -0.3 is 30.0 Å². The molecule has 0 spiro atoms. The summed E-state index contributed by atoms with van der Waals surface area (Å²) >= 11 is 0. The SMILES string of the molecule is COc1c(N2CC[C@H](N)C2)c(F)cc2c(=O)c3c(O)c(C#N)[nH]c3n(C3CC3)c12. The second-order valence-corrected chi connectivity index (χ2v) is 7.75. The number of hydrogen-bond acceptors (Lipinski definition) is 6. The van der Waals surface area contributed by atoms with E-state index >= 15 is 4.39 Å². The quantitative estimate of drug-likeness (QED) is 0.622. The molecule has 2 fully saturated rings. The van der Waals surface area contributed by atoms with Crippen LogP contribution in [0.25, 0.3) is 21.9 Å². The van der Waals surface area contributed by atoms with Crippen LogP contribution in [0.3, 0.4) is 0 Å². The Labute approximate surface area is 164 Å². The minimum Gasteiger partial charge on any atom is -0.504 e. The summed E-state index contributed by atoms with van der Waals surface area (Å²) in [6.45, 7) is 1.09. The summed E-state index contributed by atoms with van der Waals surface area (Å²) in [6.07, 6.45) is 2.49. The van der Waals surface area contributed by atoms with Gasteiger partial charge in [0.05, 0.1) is 18.0 Å². The Balaban J connectivity index is 1.95. The van der Waals surface area contributed by atoms with Crippen LogP contribution in [0.1, 0.15) is 31.0 Å². The fourth-order valence-electron chi connectivity index (χ4n) is 4.40. The number of H-pyrrole nitrogens is 1. The number of aromatic nitrogens is 2.